The molecule has 1 saturated carbocycles. The van der Waals surface area contributed by atoms with Crippen LogP contribution in [0.1, 0.15) is 26.7 Å². The number of nitrogens with one attached hydrogen (secondary N) is 1. The third kappa shape index (κ3) is 1.62. The number of hydrogen-bond donors (Lipinski definition) is 1. The van der Waals surface area contributed by atoms with Crippen LogP contribution in [-0.4, -0.2) is 11.9 Å². The lowest BCUT2D eigenvalue weighted by atomic mass is 9.92. The molecule has 0 radical (unpaired) electrons. The summed E-state index contributed by atoms with van der Waals surface area (Å²) in [6.45, 7) is 4.03. The van der Waals surface area contributed by atoms with Gasteiger partial charge in [0.05, 0.1) is 0 Å². The Kier molecular flexibility index (Phi) is 2.14. The van der Waals surface area contributed by atoms with Gasteiger partial charge in [0.1, 0.15) is 0 Å². The molecule has 0 unspecified atom stereocenters. The fourth-order valence-electron chi connectivity index (χ4n) is 2.47. The Hall–Kier alpha value is -0.790. The van der Waals surface area contributed by atoms with Crippen molar-refractivity contribution in [3.63, 3.8) is 0 Å². The van der Waals surface area contributed by atoms with Gasteiger partial charge in [-0.05, 0) is 38.5 Å². The van der Waals surface area contributed by atoms with Crippen LogP contribution in [0, 0.1) is 17.8 Å². The molecule has 1 N–H and O–H groups in total. The van der Waals surface area contributed by atoms with Crippen molar-refractivity contribution in [2.45, 2.75) is 32.7 Å². The van der Waals surface area contributed by atoms with E-state index in [4.69, 9.17) is 0 Å². The normalized spacial score (nSPS) is 35.8. The number of amides is 1. The van der Waals surface area contributed by atoms with Crippen molar-refractivity contribution < 1.29 is 4.79 Å². The van der Waals surface area contributed by atoms with Gasteiger partial charge in [0, 0.05) is 12.0 Å². The smallest absolute Gasteiger partial charge is 0.223 e. The van der Waals surface area contributed by atoms with Gasteiger partial charge in [-0.3, -0.25) is 4.79 Å². The molecule has 0 saturated heterocycles. The van der Waals surface area contributed by atoms with E-state index in [1.165, 1.54) is 6.42 Å². The Bertz CT molecular complexity index is 244. The minimum atomic E-state index is 0.256. The maximum absolute atomic E-state index is 11.7. The van der Waals surface area contributed by atoms with Crippen molar-refractivity contribution in [2.24, 2.45) is 17.8 Å². The molecule has 72 valence electrons. The first-order valence-corrected chi connectivity index (χ1v) is 5.15. The molecule has 2 rings (SSSR count). The first-order chi connectivity index (χ1) is 6.16. The average molecular weight is 179 g/mol. The van der Waals surface area contributed by atoms with E-state index in [2.05, 4.69) is 17.5 Å². The predicted molar refractivity (Wildman–Crippen MR) is 52.1 cm³/mol. The highest BCUT2D eigenvalue weighted by Crippen LogP contribution is 2.43. The van der Waals surface area contributed by atoms with Gasteiger partial charge < -0.3 is 5.32 Å². The van der Waals surface area contributed by atoms with Gasteiger partial charge in [-0.25, -0.2) is 0 Å². The predicted octanol–water partition coefficient (Wildman–Crippen LogP) is 1.72. The highest BCUT2D eigenvalue weighted by atomic mass is 16.1. The van der Waals surface area contributed by atoms with Crippen molar-refractivity contribution in [2.75, 3.05) is 0 Å². The average Bonchev–Trinajstić information content (AvgIpc) is 2.62. The maximum atomic E-state index is 11.7. The molecule has 0 aromatic carbocycles. The second-order valence-electron chi connectivity index (χ2n) is 4.55. The fraction of sp³-hybridized carbons (Fsp3) is 0.727. The van der Waals surface area contributed by atoms with Crippen molar-refractivity contribution in [3.8, 4) is 0 Å². The van der Waals surface area contributed by atoms with Crippen LogP contribution >= 0.6 is 0 Å². The molecule has 1 fully saturated rings. The summed E-state index contributed by atoms with van der Waals surface area (Å²) in [7, 11) is 0. The molecular weight excluding hydrogens is 162 g/mol. The van der Waals surface area contributed by atoms with Crippen molar-refractivity contribution in [1.29, 1.82) is 0 Å². The molecule has 0 aromatic heterocycles. The third-order valence-electron chi connectivity index (χ3n) is 3.05. The van der Waals surface area contributed by atoms with Crippen LogP contribution in [0.4, 0.5) is 0 Å². The minimum absolute atomic E-state index is 0.256. The maximum Gasteiger partial charge on any atom is 0.223 e. The van der Waals surface area contributed by atoms with E-state index in [-0.39, 0.29) is 17.9 Å². The lowest BCUT2D eigenvalue weighted by Gasteiger charge is -2.19. The molecule has 0 spiro atoms. The van der Waals surface area contributed by atoms with E-state index in [1.54, 1.807) is 0 Å². The quantitative estimate of drug-likeness (QED) is 0.642. The molecule has 0 heterocycles. The number of allylic oxidation sites excluding steroid dienone is 2. The first-order valence-electron chi connectivity index (χ1n) is 5.15. The zero-order chi connectivity index (χ0) is 9.42. The molecule has 2 aliphatic carbocycles. The van der Waals surface area contributed by atoms with E-state index in [0.29, 0.717) is 11.8 Å². The largest absolute Gasteiger partial charge is 0.354 e. The lowest BCUT2D eigenvalue weighted by molar-refractivity contribution is -0.126. The second kappa shape index (κ2) is 3.17. The molecule has 2 bridgehead atoms. The fourth-order valence-corrected chi connectivity index (χ4v) is 2.47. The van der Waals surface area contributed by atoms with Gasteiger partial charge >= 0.3 is 0 Å². The SMILES string of the molecule is CC(C)NC(=O)[C@H]1C[C@H]2C=C[C@H]1C2. The van der Waals surface area contributed by atoms with Crippen LogP contribution in [0.2, 0.25) is 0 Å². The van der Waals surface area contributed by atoms with E-state index in [1.807, 2.05) is 13.8 Å². The molecular formula is C11H17NO. The number of fused-ring (bicyclic) bond motifs is 2. The van der Waals surface area contributed by atoms with E-state index in [9.17, 15) is 4.79 Å². The summed E-state index contributed by atoms with van der Waals surface area (Å²) in [6, 6.07) is 0.274. The van der Waals surface area contributed by atoms with E-state index < -0.39 is 0 Å². The zero-order valence-electron chi connectivity index (χ0n) is 8.29. The Labute approximate surface area is 79.4 Å². The summed E-state index contributed by atoms with van der Waals surface area (Å²) >= 11 is 0. The third-order valence-corrected chi connectivity index (χ3v) is 3.05. The number of rotatable bonds is 2. The zero-order valence-corrected chi connectivity index (χ0v) is 8.29. The Morgan fingerprint density at radius 2 is 2.15 bits per heavy atom. The van der Waals surface area contributed by atoms with Gasteiger partial charge in [0.2, 0.25) is 5.91 Å². The summed E-state index contributed by atoms with van der Waals surface area (Å²) < 4.78 is 0. The van der Waals surface area contributed by atoms with Crippen LogP contribution in [0.3, 0.4) is 0 Å². The summed E-state index contributed by atoms with van der Waals surface area (Å²) in [5.74, 6) is 1.74. The van der Waals surface area contributed by atoms with Gasteiger partial charge in [-0.2, -0.15) is 0 Å². The Morgan fingerprint density at radius 3 is 2.62 bits per heavy atom. The van der Waals surface area contributed by atoms with Crippen molar-refractivity contribution in [3.05, 3.63) is 12.2 Å². The highest BCUT2D eigenvalue weighted by Gasteiger charge is 2.39. The summed E-state index contributed by atoms with van der Waals surface area (Å²) in [5.41, 5.74) is 0. The van der Waals surface area contributed by atoms with Crippen molar-refractivity contribution >= 4 is 5.91 Å². The van der Waals surface area contributed by atoms with Crippen LogP contribution in [0.5, 0.6) is 0 Å². The number of carbonyl (C=O) groups is 1. The number of hydrogen-bond acceptors (Lipinski definition) is 1. The standard InChI is InChI=1S/C11H17NO/c1-7(2)12-11(13)10-6-8-3-4-9(10)5-8/h3-4,7-10H,5-6H2,1-2H3,(H,12,13)/t8-,9-,10-/m0/s1. The van der Waals surface area contributed by atoms with Gasteiger partial charge in [0.25, 0.3) is 0 Å². The minimum Gasteiger partial charge on any atom is -0.354 e. The monoisotopic (exact) mass is 179 g/mol. The summed E-state index contributed by atoms with van der Waals surface area (Å²) in [5, 5.41) is 3.00. The van der Waals surface area contributed by atoms with Crippen LogP contribution in [0.15, 0.2) is 12.2 Å². The highest BCUT2D eigenvalue weighted by molar-refractivity contribution is 5.80. The van der Waals surface area contributed by atoms with Gasteiger partial charge in [-0.1, -0.05) is 12.2 Å². The molecule has 2 heteroatoms. The number of carbonyl (C=O) groups excluding carboxylic acids is 1. The van der Waals surface area contributed by atoms with Crippen LogP contribution in [0.25, 0.3) is 0 Å². The molecule has 1 amide bonds. The molecule has 2 nitrogen and oxygen atoms in total. The van der Waals surface area contributed by atoms with Gasteiger partial charge in [0.15, 0.2) is 0 Å². The van der Waals surface area contributed by atoms with Crippen LogP contribution in [-0.2, 0) is 4.79 Å². The Morgan fingerprint density at radius 1 is 1.38 bits per heavy atom. The summed E-state index contributed by atoms with van der Waals surface area (Å²) in [4.78, 5) is 11.7. The van der Waals surface area contributed by atoms with Crippen LogP contribution < -0.4 is 5.32 Å². The van der Waals surface area contributed by atoms with E-state index >= 15 is 0 Å². The van der Waals surface area contributed by atoms with Gasteiger partial charge in [-0.15, -0.1) is 0 Å². The molecule has 0 aromatic rings. The molecule has 2 aliphatic rings. The lowest BCUT2D eigenvalue weighted by Crippen LogP contribution is -2.37. The van der Waals surface area contributed by atoms with Crippen molar-refractivity contribution in [1.82, 2.24) is 5.32 Å². The molecule has 3 atom stereocenters. The van der Waals surface area contributed by atoms with E-state index in [0.717, 1.165) is 6.42 Å². The topological polar surface area (TPSA) is 29.1 Å². The second-order valence-corrected chi connectivity index (χ2v) is 4.55. The first kappa shape index (κ1) is 8.79. The summed E-state index contributed by atoms with van der Waals surface area (Å²) in [6.07, 6.45) is 6.76. The Balaban J connectivity index is 1.95. The molecule has 0 aliphatic heterocycles. The molecule has 13 heavy (non-hydrogen) atoms.